The molecule has 0 aliphatic carbocycles. The molecule has 14 heteroatoms. The molecule has 2 amide bonds. The number of hydrogen-bond donors (Lipinski definition) is 9. The van der Waals surface area contributed by atoms with E-state index in [1.54, 1.807) is 13.8 Å². The minimum absolute atomic E-state index is 0.0119. The molecule has 0 saturated carbocycles. The van der Waals surface area contributed by atoms with Gasteiger partial charge < -0.3 is 45.9 Å². The Morgan fingerprint density at radius 1 is 1.11 bits per heavy atom. The van der Waals surface area contributed by atoms with Crippen molar-refractivity contribution in [1.29, 1.82) is 0 Å². The van der Waals surface area contributed by atoms with Crippen LogP contribution in [0.4, 0.5) is 0 Å². The minimum atomic E-state index is -1.95. The number of ether oxygens (including phenoxy) is 1. The Bertz CT molecular complexity index is 897. The van der Waals surface area contributed by atoms with E-state index in [2.05, 4.69) is 25.9 Å². The first kappa shape index (κ1) is 30.6. The number of aliphatic hydroxyl groups excluding tert-OH is 4. The van der Waals surface area contributed by atoms with Crippen molar-refractivity contribution in [3.63, 3.8) is 0 Å². The van der Waals surface area contributed by atoms with E-state index >= 15 is 0 Å². The van der Waals surface area contributed by atoms with Crippen molar-refractivity contribution < 1.29 is 44.7 Å². The molecule has 9 N–H and O–H groups in total. The summed E-state index contributed by atoms with van der Waals surface area (Å²) in [5, 5.41) is 57.5. The summed E-state index contributed by atoms with van der Waals surface area (Å²) in [4.78, 5) is 44.9. The van der Waals surface area contributed by atoms with Crippen molar-refractivity contribution in [3.8, 4) is 0 Å². The topological polar surface area (TPSA) is 226 Å². The Labute approximate surface area is 214 Å². The van der Waals surface area contributed by atoms with Crippen LogP contribution in [0.15, 0.2) is 12.5 Å². The van der Waals surface area contributed by atoms with Crippen molar-refractivity contribution in [2.45, 2.75) is 82.7 Å². The van der Waals surface area contributed by atoms with Crippen LogP contribution in [0.1, 0.15) is 39.8 Å². The average Bonchev–Trinajstić information content (AvgIpc) is 3.43. The summed E-state index contributed by atoms with van der Waals surface area (Å²) >= 11 is 0. The third-order valence-electron chi connectivity index (χ3n) is 6.24. The van der Waals surface area contributed by atoms with Gasteiger partial charge in [-0.2, -0.15) is 0 Å². The van der Waals surface area contributed by atoms with E-state index < -0.39 is 79.1 Å². The lowest BCUT2D eigenvalue weighted by molar-refractivity contribution is -0.153. The third kappa shape index (κ3) is 7.69. The molecule has 1 aromatic rings. The summed E-state index contributed by atoms with van der Waals surface area (Å²) in [7, 11) is 0. The summed E-state index contributed by atoms with van der Waals surface area (Å²) in [6, 6.07) is -3.49. The van der Waals surface area contributed by atoms with Gasteiger partial charge in [0.15, 0.2) is 5.72 Å². The number of nitrogens with one attached hydrogen (secondary N) is 4. The summed E-state index contributed by atoms with van der Waals surface area (Å²) in [6.07, 6.45) is -1.35. The quantitative estimate of drug-likeness (QED) is 0.122. The molecule has 1 aliphatic heterocycles. The molecule has 2 heterocycles. The monoisotopic (exact) mass is 529 g/mol. The molecular formula is C23H39N5O9. The Morgan fingerprint density at radius 2 is 1.76 bits per heavy atom. The van der Waals surface area contributed by atoms with Crippen molar-refractivity contribution in [1.82, 2.24) is 25.9 Å². The van der Waals surface area contributed by atoms with Crippen molar-refractivity contribution in [3.05, 3.63) is 18.2 Å². The Balaban J connectivity index is 2.26. The van der Waals surface area contributed by atoms with E-state index in [4.69, 9.17) is 4.74 Å². The van der Waals surface area contributed by atoms with Crippen molar-refractivity contribution >= 4 is 17.8 Å². The second-order valence-corrected chi connectivity index (χ2v) is 10.1. The van der Waals surface area contributed by atoms with Gasteiger partial charge >= 0.3 is 5.97 Å². The standard InChI is InChI=1S/C23H39N5O9/c1-11(2)5-15(22(35)36)27-20(33)14(6-13-7-24-10-25-13)26-21(34)17(12(3)4)28-23(9-30)19(32)18(31)16(8-29)37-23/h7,10-12,14-19,28-32H,5-6,8-9H2,1-4H3,(H,24,25)(H,26,34)(H,27,33)(H,35,36)/t14-,15-,16+,17-,18+,19-,23-/m0/s1. The van der Waals surface area contributed by atoms with Gasteiger partial charge in [-0.1, -0.05) is 27.7 Å². The van der Waals surface area contributed by atoms with Crippen LogP contribution >= 0.6 is 0 Å². The highest BCUT2D eigenvalue weighted by Gasteiger charge is 2.55. The lowest BCUT2D eigenvalue weighted by Crippen LogP contribution is -2.65. The van der Waals surface area contributed by atoms with Gasteiger partial charge in [0.05, 0.1) is 25.6 Å². The SMILES string of the molecule is CC(C)C[C@H](NC(=O)[C@H](Cc1cnc[nH]1)NC(=O)[C@@H](N[C@@]1(CO)O[C@H](CO)[C@@H](O)[C@@H]1O)C(C)C)C(=O)O. The molecule has 1 saturated heterocycles. The average molecular weight is 530 g/mol. The molecular weight excluding hydrogens is 490 g/mol. The zero-order valence-corrected chi connectivity index (χ0v) is 21.4. The normalized spacial score (nSPS) is 26.2. The Hall–Kier alpha value is -2.62. The second-order valence-electron chi connectivity index (χ2n) is 10.1. The number of amides is 2. The number of nitrogens with zero attached hydrogens (tertiary/aromatic N) is 1. The van der Waals surface area contributed by atoms with Gasteiger partial charge in [0.25, 0.3) is 0 Å². The molecule has 7 atom stereocenters. The number of imidazole rings is 1. The van der Waals surface area contributed by atoms with Gasteiger partial charge in [-0.25, -0.2) is 9.78 Å². The fraction of sp³-hybridized carbons (Fsp3) is 0.739. The first-order valence-corrected chi connectivity index (χ1v) is 12.2. The number of aromatic nitrogens is 2. The van der Waals surface area contributed by atoms with Crippen LogP contribution in [-0.4, -0.2) is 109 Å². The van der Waals surface area contributed by atoms with Crippen LogP contribution in [0.5, 0.6) is 0 Å². The number of carbonyl (C=O) groups is 3. The first-order chi connectivity index (χ1) is 17.3. The molecule has 14 nitrogen and oxygen atoms in total. The van der Waals surface area contributed by atoms with E-state index in [1.165, 1.54) is 12.5 Å². The zero-order valence-electron chi connectivity index (χ0n) is 21.4. The van der Waals surface area contributed by atoms with Crippen LogP contribution in [0, 0.1) is 11.8 Å². The maximum atomic E-state index is 13.4. The minimum Gasteiger partial charge on any atom is -0.480 e. The number of hydrogen-bond acceptors (Lipinski definition) is 10. The Morgan fingerprint density at radius 3 is 2.22 bits per heavy atom. The molecule has 210 valence electrons. The molecule has 0 unspecified atom stereocenters. The van der Waals surface area contributed by atoms with E-state index in [-0.39, 0.29) is 18.8 Å². The maximum Gasteiger partial charge on any atom is 0.326 e. The lowest BCUT2D eigenvalue weighted by Gasteiger charge is -2.36. The molecule has 0 spiro atoms. The van der Waals surface area contributed by atoms with E-state index in [1.807, 2.05) is 13.8 Å². The number of aliphatic carboxylic acids is 1. The van der Waals surface area contributed by atoms with E-state index in [0.29, 0.717) is 5.69 Å². The van der Waals surface area contributed by atoms with Crippen LogP contribution in [0.2, 0.25) is 0 Å². The van der Waals surface area contributed by atoms with Gasteiger partial charge in [-0.3, -0.25) is 14.9 Å². The van der Waals surface area contributed by atoms with E-state index in [9.17, 15) is 39.9 Å². The number of rotatable bonds is 14. The predicted molar refractivity (Wildman–Crippen MR) is 129 cm³/mol. The zero-order chi connectivity index (χ0) is 27.9. The van der Waals surface area contributed by atoms with Crippen molar-refractivity contribution in [2.24, 2.45) is 11.8 Å². The maximum absolute atomic E-state index is 13.4. The molecule has 1 fully saturated rings. The molecule has 1 aromatic heterocycles. The number of carbonyl (C=O) groups excluding carboxylic acids is 2. The van der Waals surface area contributed by atoms with Gasteiger partial charge in [0, 0.05) is 18.3 Å². The molecule has 1 aliphatic rings. The van der Waals surface area contributed by atoms with Gasteiger partial charge in [0.2, 0.25) is 11.8 Å². The highest BCUT2D eigenvalue weighted by Crippen LogP contribution is 2.30. The fourth-order valence-corrected chi connectivity index (χ4v) is 4.18. The number of H-pyrrole nitrogens is 1. The Kier molecular flexibility index (Phi) is 11.0. The lowest BCUT2D eigenvalue weighted by atomic mass is 9.97. The fourth-order valence-electron chi connectivity index (χ4n) is 4.18. The number of carboxylic acid groups (broad SMARTS) is 1. The number of carboxylic acids is 1. The van der Waals surface area contributed by atoms with Gasteiger partial charge in [-0.15, -0.1) is 0 Å². The van der Waals surface area contributed by atoms with E-state index in [0.717, 1.165) is 0 Å². The van der Waals surface area contributed by atoms with Crippen LogP contribution < -0.4 is 16.0 Å². The summed E-state index contributed by atoms with van der Waals surface area (Å²) in [6.45, 7) is 5.53. The van der Waals surface area contributed by atoms with Crippen LogP contribution in [-0.2, 0) is 25.5 Å². The third-order valence-corrected chi connectivity index (χ3v) is 6.24. The highest BCUT2D eigenvalue weighted by molar-refractivity contribution is 5.92. The summed E-state index contributed by atoms with van der Waals surface area (Å²) in [5.41, 5.74) is -1.44. The molecule has 0 radical (unpaired) electrons. The van der Waals surface area contributed by atoms with Gasteiger partial charge in [0.1, 0.15) is 30.4 Å². The molecule has 0 aromatic carbocycles. The molecule has 0 bridgehead atoms. The largest absolute Gasteiger partial charge is 0.480 e. The summed E-state index contributed by atoms with van der Waals surface area (Å²) in [5.74, 6) is -3.08. The first-order valence-electron chi connectivity index (χ1n) is 12.2. The number of aliphatic hydroxyl groups is 4. The summed E-state index contributed by atoms with van der Waals surface area (Å²) < 4.78 is 5.51. The van der Waals surface area contributed by atoms with Crippen LogP contribution in [0.25, 0.3) is 0 Å². The smallest absolute Gasteiger partial charge is 0.326 e. The molecule has 2 rings (SSSR count). The second kappa shape index (κ2) is 13.3. The number of aromatic amines is 1. The highest BCUT2D eigenvalue weighted by atomic mass is 16.6. The molecule has 37 heavy (non-hydrogen) atoms. The van der Waals surface area contributed by atoms with Crippen molar-refractivity contribution in [2.75, 3.05) is 13.2 Å². The van der Waals surface area contributed by atoms with Gasteiger partial charge in [-0.05, 0) is 18.3 Å². The van der Waals surface area contributed by atoms with Crippen LogP contribution in [0.3, 0.4) is 0 Å². The predicted octanol–water partition coefficient (Wildman–Crippen LogP) is -2.53.